The van der Waals surface area contributed by atoms with Crippen molar-refractivity contribution in [2.75, 3.05) is 13.1 Å². The van der Waals surface area contributed by atoms with Crippen molar-refractivity contribution in [3.8, 4) is 0 Å². The molecule has 0 fully saturated rings. The molecule has 0 aliphatic rings. The maximum absolute atomic E-state index is 12.5. The molecule has 0 unspecified atom stereocenters. The summed E-state index contributed by atoms with van der Waals surface area (Å²) in [5.41, 5.74) is 4.18. The molecule has 1 aromatic carbocycles. The fourth-order valence-electron chi connectivity index (χ4n) is 2.13. The molecule has 1 aromatic heterocycles. The Bertz CT molecular complexity index is 868. The number of nitrogens with one attached hydrogen (secondary N) is 4. The van der Waals surface area contributed by atoms with Crippen LogP contribution in [0.25, 0.3) is 0 Å². The number of benzene rings is 1. The number of hydrogen-bond acceptors (Lipinski definition) is 5. The number of nitrogens with zero attached hydrogens (tertiary/aromatic N) is 1. The minimum atomic E-state index is -4.47. The van der Waals surface area contributed by atoms with Gasteiger partial charge in [0.25, 0.3) is 5.91 Å². The molecule has 1 heterocycles. The predicted molar refractivity (Wildman–Crippen MR) is 99.0 cm³/mol. The van der Waals surface area contributed by atoms with Crippen molar-refractivity contribution >= 4 is 29.2 Å². The van der Waals surface area contributed by atoms with E-state index >= 15 is 0 Å². The van der Waals surface area contributed by atoms with E-state index in [-0.39, 0.29) is 25.1 Å². The van der Waals surface area contributed by atoms with E-state index in [9.17, 15) is 27.6 Å². The van der Waals surface area contributed by atoms with Crippen LogP contribution in [-0.2, 0) is 17.4 Å². The fraction of sp³-hybridized carbons (Fsp3) is 0.294. The zero-order valence-electron chi connectivity index (χ0n) is 15.2. The summed E-state index contributed by atoms with van der Waals surface area (Å²) in [5, 5.41) is 7.43. The second-order valence-corrected chi connectivity index (χ2v) is 6.86. The zero-order valence-corrected chi connectivity index (χ0v) is 16.0. The number of carbonyl (C=O) groups is 3. The summed E-state index contributed by atoms with van der Waals surface area (Å²) < 4.78 is 37.5. The summed E-state index contributed by atoms with van der Waals surface area (Å²) in [4.78, 5) is 39.2. The number of thiazole rings is 1. The van der Waals surface area contributed by atoms with Gasteiger partial charge in [-0.15, -0.1) is 11.3 Å². The van der Waals surface area contributed by atoms with Gasteiger partial charge in [0.05, 0.1) is 22.7 Å². The van der Waals surface area contributed by atoms with Gasteiger partial charge in [-0.25, -0.2) is 15.2 Å². The highest BCUT2D eigenvalue weighted by molar-refractivity contribution is 7.09. The third-order valence-corrected chi connectivity index (χ3v) is 4.32. The molecule has 0 radical (unpaired) electrons. The van der Waals surface area contributed by atoms with Crippen LogP contribution in [0.15, 0.2) is 29.6 Å². The van der Waals surface area contributed by atoms with Gasteiger partial charge in [-0.3, -0.25) is 15.0 Å². The van der Waals surface area contributed by atoms with E-state index in [2.05, 4.69) is 26.5 Å². The number of carbonyl (C=O) groups excluding carboxylic acids is 3. The SMILES string of the molecule is Cc1nc(CC(=O)NNC(=O)NCCNC(=O)c2ccc(C(F)(F)F)cc2)cs1. The van der Waals surface area contributed by atoms with E-state index in [0.717, 1.165) is 29.3 Å². The Morgan fingerprint density at radius 2 is 1.69 bits per heavy atom. The van der Waals surface area contributed by atoms with Gasteiger partial charge in [0.2, 0.25) is 5.91 Å². The Morgan fingerprint density at radius 1 is 1.03 bits per heavy atom. The van der Waals surface area contributed by atoms with Gasteiger partial charge in [0, 0.05) is 24.0 Å². The van der Waals surface area contributed by atoms with Crippen molar-refractivity contribution in [1.82, 2.24) is 26.5 Å². The molecular weight excluding hydrogens is 411 g/mol. The van der Waals surface area contributed by atoms with E-state index in [1.807, 2.05) is 6.92 Å². The molecule has 8 nitrogen and oxygen atoms in total. The number of hydrogen-bond donors (Lipinski definition) is 4. The van der Waals surface area contributed by atoms with Crippen LogP contribution in [0.4, 0.5) is 18.0 Å². The molecule has 0 saturated heterocycles. The summed E-state index contributed by atoms with van der Waals surface area (Å²) in [6.45, 7) is 1.90. The fourth-order valence-corrected chi connectivity index (χ4v) is 2.75. The molecule has 0 spiro atoms. The monoisotopic (exact) mass is 429 g/mol. The van der Waals surface area contributed by atoms with E-state index in [1.165, 1.54) is 11.3 Å². The molecule has 29 heavy (non-hydrogen) atoms. The number of aryl methyl sites for hydroxylation is 1. The first-order valence-corrected chi connectivity index (χ1v) is 9.22. The molecule has 0 saturated carbocycles. The second kappa shape index (κ2) is 9.87. The lowest BCUT2D eigenvalue weighted by Crippen LogP contribution is -2.48. The highest BCUT2D eigenvalue weighted by atomic mass is 32.1. The van der Waals surface area contributed by atoms with Crippen molar-refractivity contribution in [2.45, 2.75) is 19.5 Å². The number of alkyl halides is 3. The van der Waals surface area contributed by atoms with E-state index < -0.39 is 29.6 Å². The number of aromatic nitrogens is 1. The number of urea groups is 1. The van der Waals surface area contributed by atoms with Gasteiger partial charge in [-0.2, -0.15) is 13.2 Å². The molecule has 156 valence electrons. The normalized spacial score (nSPS) is 10.9. The summed E-state index contributed by atoms with van der Waals surface area (Å²) in [7, 11) is 0. The number of amides is 4. The van der Waals surface area contributed by atoms with Gasteiger partial charge in [0.1, 0.15) is 0 Å². The zero-order chi connectivity index (χ0) is 21.4. The highest BCUT2D eigenvalue weighted by Gasteiger charge is 2.30. The summed E-state index contributed by atoms with van der Waals surface area (Å²) in [5.74, 6) is -1.02. The second-order valence-electron chi connectivity index (χ2n) is 5.79. The molecule has 4 amide bonds. The highest BCUT2D eigenvalue weighted by Crippen LogP contribution is 2.29. The standard InChI is InChI=1S/C17H18F3N5O3S/c1-10-23-13(9-29-10)8-14(26)24-25-16(28)22-7-6-21-15(27)11-2-4-12(5-3-11)17(18,19)20/h2-5,9H,6-8H2,1H3,(H,21,27)(H,24,26)(H2,22,25,28). The van der Waals surface area contributed by atoms with Crippen LogP contribution in [0.1, 0.15) is 26.6 Å². The van der Waals surface area contributed by atoms with Gasteiger partial charge in [0.15, 0.2) is 0 Å². The smallest absolute Gasteiger partial charge is 0.350 e. The van der Waals surface area contributed by atoms with Crippen molar-refractivity contribution in [1.29, 1.82) is 0 Å². The third-order valence-electron chi connectivity index (χ3n) is 3.49. The Labute approximate surface area is 167 Å². The van der Waals surface area contributed by atoms with Crippen molar-refractivity contribution in [2.24, 2.45) is 0 Å². The Morgan fingerprint density at radius 3 is 2.28 bits per heavy atom. The summed E-state index contributed by atoms with van der Waals surface area (Å²) in [6.07, 6.45) is -4.45. The number of hydrazine groups is 1. The summed E-state index contributed by atoms with van der Waals surface area (Å²) >= 11 is 1.41. The Hall–Kier alpha value is -3.15. The molecule has 12 heteroatoms. The molecular formula is C17H18F3N5O3S. The minimum Gasteiger partial charge on any atom is -0.350 e. The van der Waals surface area contributed by atoms with Crippen molar-refractivity contribution in [3.05, 3.63) is 51.5 Å². The maximum Gasteiger partial charge on any atom is 0.416 e. The first kappa shape index (κ1) is 22.1. The van der Waals surface area contributed by atoms with E-state index in [1.54, 1.807) is 5.38 Å². The van der Waals surface area contributed by atoms with Crippen LogP contribution in [0.2, 0.25) is 0 Å². The molecule has 0 aliphatic heterocycles. The minimum absolute atomic E-state index is 0.0216. The lowest BCUT2D eigenvalue weighted by atomic mass is 10.1. The molecule has 0 atom stereocenters. The van der Waals surface area contributed by atoms with E-state index in [0.29, 0.717) is 5.69 Å². The van der Waals surface area contributed by atoms with Crippen molar-refractivity contribution < 1.29 is 27.6 Å². The van der Waals surface area contributed by atoms with Crippen molar-refractivity contribution in [3.63, 3.8) is 0 Å². The maximum atomic E-state index is 12.5. The first-order chi connectivity index (χ1) is 13.6. The summed E-state index contributed by atoms with van der Waals surface area (Å²) in [6, 6.07) is 3.08. The van der Waals surface area contributed by atoms with Crippen LogP contribution in [0, 0.1) is 6.92 Å². The lowest BCUT2D eigenvalue weighted by molar-refractivity contribution is -0.137. The first-order valence-electron chi connectivity index (χ1n) is 8.34. The van der Waals surface area contributed by atoms with Gasteiger partial charge in [-0.1, -0.05) is 0 Å². The van der Waals surface area contributed by atoms with Crippen LogP contribution in [0.5, 0.6) is 0 Å². The van der Waals surface area contributed by atoms with E-state index in [4.69, 9.17) is 0 Å². The largest absolute Gasteiger partial charge is 0.416 e. The average molecular weight is 429 g/mol. The molecule has 0 aliphatic carbocycles. The average Bonchev–Trinajstić information content (AvgIpc) is 3.07. The molecule has 0 bridgehead atoms. The Kier molecular flexibility index (Phi) is 7.53. The number of halogens is 3. The number of rotatable bonds is 6. The topological polar surface area (TPSA) is 112 Å². The third kappa shape index (κ3) is 7.41. The Balaban J connectivity index is 1.63. The predicted octanol–water partition coefficient (Wildman–Crippen LogP) is 1.77. The molecule has 4 N–H and O–H groups in total. The van der Waals surface area contributed by atoms with Gasteiger partial charge < -0.3 is 10.6 Å². The molecule has 2 aromatic rings. The van der Waals surface area contributed by atoms with Crippen LogP contribution in [0.3, 0.4) is 0 Å². The van der Waals surface area contributed by atoms with Crippen LogP contribution >= 0.6 is 11.3 Å². The van der Waals surface area contributed by atoms with Crippen LogP contribution in [-0.4, -0.2) is 35.9 Å². The van der Waals surface area contributed by atoms with Crippen LogP contribution < -0.4 is 21.5 Å². The van der Waals surface area contributed by atoms with Gasteiger partial charge >= 0.3 is 12.2 Å². The quantitative estimate of drug-likeness (QED) is 0.414. The van der Waals surface area contributed by atoms with Gasteiger partial charge in [-0.05, 0) is 31.2 Å². The molecule has 2 rings (SSSR count). The lowest BCUT2D eigenvalue weighted by Gasteiger charge is -2.10.